The third kappa shape index (κ3) is 4.34. The first-order valence-electron chi connectivity index (χ1n) is 7.64. The highest BCUT2D eigenvalue weighted by Crippen LogP contribution is 2.26. The smallest absolute Gasteiger partial charge is 0.254 e. The Morgan fingerprint density at radius 1 is 1.33 bits per heavy atom. The molecule has 1 aromatic heterocycles. The van der Waals surface area contributed by atoms with E-state index in [0.29, 0.717) is 24.6 Å². The summed E-state index contributed by atoms with van der Waals surface area (Å²) >= 11 is 0. The lowest BCUT2D eigenvalue weighted by Gasteiger charge is -2.33. The monoisotopic (exact) mass is 292 g/mol. The molecule has 1 saturated carbocycles. The Hall–Kier alpha value is -1.78. The summed E-state index contributed by atoms with van der Waals surface area (Å²) in [5.74, 6) is 0.673. The Bertz CT molecular complexity index is 462. The van der Waals surface area contributed by atoms with Crippen LogP contribution in [0.3, 0.4) is 0 Å². The van der Waals surface area contributed by atoms with Crippen molar-refractivity contribution in [3.8, 4) is 0 Å². The van der Waals surface area contributed by atoms with Crippen LogP contribution in [0.25, 0.3) is 0 Å². The predicted molar refractivity (Wildman–Crippen MR) is 79.8 cm³/mol. The standard InChI is InChI=1S/C16H24N2O3/c1-12-3-5-14(6-4-12)18(2)15(19)7-9-17-16(20)13-8-10-21-11-13/h8,10-12,14H,3-7,9H2,1-2H3,(H,17,20). The van der Waals surface area contributed by atoms with Gasteiger partial charge < -0.3 is 14.6 Å². The van der Waals surface area contributed by atoms with E-state index < -0.39 is 0 Å². The summed E-state index contributed by atoms with van der Waals surface area (Å²) in [5.41, 5.74) is 0.483. The average Bonchev–Trinajstić information content (AvgIpc) is 3.01. The molecule has 21 heavy (non-hydrogen) atoms. The second-order valence-corrected chi connectivity index (χ2v) is 5.94. The van der Waals surface area contributed by atoms with Crippen molar-refractivity contribution in [2.75, 3.05) is 13.6 Å². The molecule has 0 aromatic carbocycles. The van der Waals surface area contributed by atoms with E-state index >= 15 is 0 Å². The number of rotatable bonds is 5. The van der Waals surface area contributed by atoms with Gasteiger partial charge in [-0.3, -0.25) is 9.59 Å². The first kappa shape index (κ1) is 15.6. The summed E-state index contributed by atoms with van der Waals surface area (Å²) in [6, 6.07) is 1.96. The number of hydrogen-bond acceptors (Lipinski definition) is 3. The molecule has 1 aromatic rings. The summed E-state index contributed by atoms with van der Waals surface area (Å²) in [6.07, 6.45) is 7.76. The molecule has 116 valence electrons. The van der Waals surface area contributed by atoms with Crippen LogP contribution >= 0.6 is 0 Å². The van der Waals surface area contributed by atoms with E-state index in [1.165, 1.54) is 25.4 Å². The number of nitrogens with zero attached hydrogens (tertiary/aromatic N) is 1. The predicted octanol–water partition coefficient (Wildman–Crippen LogP) is 2.44. The fourth-order valence-electron chi connectivity index (χ4n) is 2.79. The summed E-state index contributed by atoms with van der Waals surface area (Å²) in [5, 5.41) is 2.73. The van der Waals surface area contributed by atoms with Crippen LogP contribution in [-0.2, 0) is 4.79 Å². The minimum Gasteiger partial charge on any atom is -0.472 e. The second-order valence-electron chi connectivity index (χ2n) is 5.94. The molecule has 2 amide bonds. The molecule has 0 atom stereocenters. The number of hydrogen-bond donors (Lipinski definition) is 1. The van der Waals surface area contributed by atoms with Crippen molar-refractivity contribution in [1.29, 1.82) is 0 Å². The van der Waals surface area contributed by atoms with E-state index in [-0.39, 0.29) is 11.8 Å². The molecular weight excluding hydrogens is 268 g/mol. The molecule has 1 N–H and O–H groups in total. The Balaban J connectivity index is 1.70. The van der Waals surface area contributed by atoms with E-state index in [9.17, 15) is 9.59 Å². The molecule has 5 nitrogen and oxygen atoms in total. The topological polar surface area (TPSA) is 62.6 Å². The normalized spacial score (nSPS) is 21.8. The van der Waals surface area contributed by atoms with Gasteiger partial charge >= 0.3 is 0 Å². The zero-order valence-electron chi connectivity index (χ0n) is 12.8. The van der Waals surface area contributed by atoms with Gasteiger partial charge in [0.05, 0.1) is 11.8 Å². The molecule has 5 heteroatoms. The van der Waals surface area contributed by atoms with Gasteiger partial charge in [0, 0.05) is 26.1 Å². The SMILES string of the molecule is CC1CCC(N(C)C(=O)CCNC(=O)c2ccoc2)CC1. The fraction of sp³-hybridized carbons (Fsp3) is 0.625. The highest BCUT2D eigenvalue weighted by Gasteiger charge is 2.24. The van der Waals surface area contributed by atoms with Crippen LogP contribution in [-0.4, -0.2) is 36.3 Å². The zero-order valence-corrected chi connectivity index (χ0v) is 12.8. The van der Waals surface area contributed by atoms with Crippen LogP contribution < -0.4 is 5.32 Å². The van der Waals surface area contributed by atoms with Crippen LogP contribution in [0, 0.1) is 5.92 Å². The van der Waals surface area contributed by atoms with Crippen molar-refractivity contribution in [2.45, 2.75) is 45.1 Å². The lowest BCUT2D eigenvalue weighted by molar-refractivity contribution is -0.132. The number of amides is 2. The summed E-state index contributed by atoms with van der Waals surface area (Å²) < 4.78 is 4.85. The molecule has 0 unspecified atom stereocenters. The quantitative estimate of drug-likeness (QED) is 0.906. The van der Waals surface area contributed by atoms with Crippen molar-refractivity contribution in [3.63, 3.8) is 0 Å². The van der Waals surface area contributed by atoms with E-state index in [2.05, 4.69) is 12.2 Å². The molecule has 0 aliphatic heterocycles. The molecule has 1 aliphatic carbocycles. The molecule has 0 saturated heterocycles. The largest absolute Gasteiger partial charge is 0.472 e. The van der Waals surface area contributed by atoms with Crippen LogP contribution in [0.5, 0.6) is 0 Å². The van der Waals surface area contributed by atoms with E-state index in [0.717, 1.165) is 18.8 Å². The molecular formula is C16H24N2O3. The van der Waals surface area contributed by atoms with Crippen LogP contribution in [0.2, 0.25) is 0 Å². The summed E-state index contributed by atoms with van der Waals surface area (Å²) in [6.45, 7) is 2.62. The first-order valence-corrected chi connectivity index (χ1v) is 7.64. The second kappa shape index (κ2) is 7.29. The van der Waals surface area contributed by atoms with Crippen LogP contribution in [0.15, 0.2) is 23.0 Å². The third-order valence-corrected chi connectivity index (χ3v) is 4.33. The van der Waals surface area contributed by atoms with Gasteiger partial charge in [0.1, 0.15) is 6.26 Å². The number of furan rings is 1. The maximum absolute atomic E-state index is 12.1. The van der Waals surface area contributed by atoms with E-state index in [1.54, 1.807) is 6.07 Å². The van der Waals surface area contributed by atoms with Gasteiger partial charge in [-0.25, -0.2) is 0 Å². The Kier molecular flexibility index (Phi) is 5.42. The lowest BCUT2D eigenvalue weighted by atomic mass is 9.86. The van der Waals surface area contributed by atoms with Gasteiger partial charge in [-0.1, -0.05) is 6.92 Å². The van der Waals surface area contributed by atoms with Gasteiger partial charge in [-0.2, -0.15) is 0 Å². The van der Waals surface area contributed by atoms with Gasteiger partial charge in [0.25, 0.3) is 5.91 Å². The zero-order chi connectivity index (χ0) is 15.2. The molecule has 1 heterocycles. The Labute approximate surface area is 125 Å². The van der Waals surface area contributed by atoms with Crippen molar-refractivity contribution in [2.24, 2.45) is 5.92 Å². The molecule has 0 radical (unpaired) electrons. The highest BCUT2D eigenvalue weighted by molar-refractivity contribution is 5.94. The summed E-state index contributed by atoms with van der Waals surface area (Å²) in [7, 11) is 1.88. The number of nitrogens with one attached hydrogen (secondary N) is 1. The maximum atomic E-state index is 12.1. The maximum Gasteiger partial charge on any atom is 0.254 e. The minimum atomic E-state index is -0.203. The molecule has 2 rings (SSSR count). The van der Waals surface area contributed by atoms with E-state index in [4.69, 9.17) is 4.42 Å². The van der Waals surface area contributed by atoms with Gasteiger partial charge in [-0.05, 0) is 37.7 Å². The number of carbonyl (C=O) groups excluding carboxylic acids is 2. The summed E-state index contributed by atoms with van der Waals surface area (Å²) in [4.78, 5) is 25.7. The van der Waals surface area contributed by atoms with Crippen molar-refractivity contribution in [1.82, 2.24) is 10.2 Å². The molecule has 1 fully saturated rings. The van der Waals surface area contributed by atoms with Gasteiger partial charge in [0.15, 0.2) is 0 Å². The van der Waals surface area contributed by atoms with Crippen molar-refractivity contribution >= 4 is 11.8 Å². The highest BCUT2D eigenvalue weighted by atomic mass is 16.3. The van der Waals surface area contributed by atoms with E-state index in [1.807, 2.05) is 11.9 Å². The minimum absolute atomic E-state index is 0.0991. The number of carbonyl (C=O) groups is 2. The Morgan fingerprint density at radius 2 is 2.05 bits per heavy atom. The molecule has 0 bridgehead atoms. The first-order chi connectivity index (χ1) is 10.1. The van der Waals surface area contributed by atoms with Gasteiger partial charge in [-0.15, -0.1) is 0 Å². The lowest BCUT2D eigenvalue weighted by Crippen LogP contribution is -2.40. The van der Waals surface area contributed by atoms with Crippen LogP contribution in [0.1, 0.15) is 49.4 Å². The third-order valence-electron chi connectivity index (χ3n) is 4.33. The van der Waals surface area contributed by atoms with Crippen LogP contribution in [0.4, 0.5) is 0 Å². The molecule has 1 aliphatic rings. The van der Waals surface area contributed by atoms with Crippen molar-refractivity contribution < 1.29 is 14.0 Å². The average molecular weight is 292 g/mol. The fourth-order valence-corrected chi connectivity index (χ4v) is 2.79. The van der Waals surface area contributed by atoms with Gasteiger partial charge in [0.2, 0.25) is 5.91 Å². The molecule has 0 spiro atoms. The van der Waals surface area contributed by atoms with Crippen molar-refractivity contribution in [3.05, 3.63) is 24.2 Å². The Morgan fingerprint density at radius 3 is 2.67 bits per heavy atom.